The highest BCUT2D eigenvalue weighted by Crippen LogP contribution is 2.38. The highest BCUT2D eigenvalue weighted by molar-refractivity contribution is 5.61. The number of imidazole rings is 1. The van der Waals surface area contributed by atoms with Crippen LogP contribution in [0.1, 0.15) is 54.5 Å². The van der Waals surface area contributed by atoms with Gasteiger partial charge < -0.3 is 9.47 Å². The molecule has 124 valence electrons. The van der Waals surface area contributed by atoms with E-state index in [1.807, 2.05) is 12.1 Å². The van der Waals surface area contributed by atoms with E-state index in [2.05, 4.69) is 16.5 Å². The van der Waals surface area contributed by atoms with Crippen molar-refractivity contribution in [2.24, 2.45) is 7.05 Å². The molecule has 2 aliphatic rings. The SMILES string of the molecule is Cn1c([C@H]2CCCN2c2cccc(F)c2C#N)nc2c1CCCC2. The molecule has 5 heteroatoms. The van der Waals surface area contributed by atoms with Crippen LogP contribution in [-0.2, 0) is 19.9 Å². The van der Waals surface area contributed by atoms with Gasteiger partial charge in [-0.25, -0.2) is 9.37 Å². The zero-order valence-electron chi connectivity index (χ0n) is 13.9. The smallest absolute Gasteiger partial charge is 0.143 e. The standard InChI is InChI=1S/C19H21FN4/c1-23-17-8-3-2-7-15(17)22-19(23)18-10-5-11-24(18)16-9-4-6-14(20)13(16)12-21/h4,6,9,18H,2-3,5,7-8,10-11H2,1H3/t18-/m1/s1. The molecule has 4 nitrogen and oxygen atoms in total. The molecule has 0 spiro atoms. The molecule has 0 radical (unpaired) electrons. The van der Waals surface area contributed by atoms with Gasteiger partial charge in [-0.3, -0.25) is 0 Å². The monoisotopic (exact) mass is 324 g/mol. The van der Waals surface area contributed by atoms with Crippen molar-refractivity contribution >= 4 is 5.69 Å². The number of nitriles is 1. The van der Waals surface area contributed by atoms with Gasteiger partial charge in [-0.05, 0) is 50.7 Å². The summed E-state index contributed by atoms with van der Waals surface area (Å²) in [4.78, 5) is 7.09. The number of nitrogens with zero attached hydrogens (tertiary/aromatic N) is 4. The molecule has 1 atom stereocenters. The Morgan fingerprint density at radius 1 is 1.25 bits per heavy atom. The fourth-order valence-corrected chi connectivity index (χ4v) is 4.19. The second kappa shape index (κ2) is 5.94. The van der Waals surface area contributed by atoms with Crippen LogP contribution in [-0.4, -0.2) is 16.1 Å². The first-order valence-corrected chi connectivity index (χ1v) is 8.70. The number of fused-ring (bicyclic) bond motifs is 1. The number of hydrogen-bond acceptors (Lipinski definition) is 3. The van der Waals surface area contributed by atoms with E-state index in [-0.39, 0.29) is 11.6 Å². The quantitative estimate of drug-likeness (QED) is 0.847. The third-order valence-electron chi connectivity index (χ3n) is 5.37. The van der Waals surface area contributed by atoms with E-state index in [4.69, 9.17) is 4.98 Å². The van der Waals surface area contributed by atoms with Crippen LogP contribution in [0.2, 0.25) is 0 Å². The van der Waals surface area contributed by atoms with Crippen LogP contribution in [0.4, 0.5) is 10.1 Å². The summed E-state index contributed by atoms with van der Waals surface area (Å²) >= 11 is 0. The van der Waals surface area contributed by atoms with Crippen molar-refractivity contribution < 1.29 is 4.39 Å². The maximum Gasteiger partial charge on any atom is 0.143 e. The van der Waals surface area contributed by atoms with Crippen LogP contribution in [0.15, 0.2) is 18.2 Å². The van der Waals surface area contributed by atoms with Crippen LogP contribution in [0, 0.1) is 17.1 Å². The summed E-state index contributed by atoms with van der Waals surface area (Å²) in [5.74, 6) is 0.618. The Labute approximate surface area is 141 Å². The van der Waals surface area contributed by atoms with Gasteiger partial charge in [-0.2, -0.15) is 5.26 Å². The lowest BCUT2D eigenvalue weighted by Crippen LogP contribution is -2.26. The Hall–Kier alpha value is -2.35. The molecule has 1 fully saturated rings. The van der Waals surface area contributed by atoms with Gasteiger partial charge in [-0.1, -0.05) is 6.07 Å². The third-order valence-corrected chi connectivity index (χ3v) is 5.37. The van der Waals surface area contributed by atoms with Crippen molar-refractivity contribution in [3.63, 3.8) is 0 Å². The molecule has 0 N–H and O–H groups in total. The average Bonchev–Trinajstić information content (AvgIpc) is 3.19. The Bertz CT molecular complexity index is 818. The van der Waals surface area contributed by atoms with Crippen molar-refractivity contribution in [2.75, 3.05) is 11.4 Å². The summed E-state index contributed by atoms with van der Waals surface area (Å²) in [5, 5.41) is 9.37. The number of benzene rings is 1. The van der Waals surface area contributed by atoms with Gasteiger partial charge >= 0.3 is 0 Å². The minimum Gasteiger partial charge on any atom is -0.360 e. The molecule has 0 unspecified atom stereocenters. The molecule has 0 amide bonds. The minimum absolute atomic E-state index is 0.120. The van der Waals surface area contributed by atoms with Crippen molar-refractivity contribution in [3.8, 4) is 6.07 Å². The van der Waals surface area contributed by atoms with E-state index in [0.29, 0.717) is 5.69 Å². The molecule has 1 aliphatic carbocycles. The first kappa shape index (κ1) is 15.2. The van der Waals surface area contributed by atoms with Crippen LogP contribution in [0.25, 0.3) is 0 Å². The lowest BCUT2D eigenvalue weighted by atomic mass is 10.0. The number of hydrogen-bond donors (Lipinski definition) is 0. The van der Waals surface area contributed by atoms with Crippen LogP contribution < -0.4 is 4.90 Å². The van der Waals surface area contributed by atoms with Gasteiger partial charge in [0.2, 0.25) is 0 Å². The Kier molecular flexibility index (Phi) is 3.76. The number of anilines is 1. The molecule has 2 aromatic rings. The normalized spacial score (nSPS) is 20.0. The first-order chi connectivity index (χ1) is 11.7. The zero-order chi connectivity index (χ0) is 16.7. The van der Waals surface area contributed by atoms with Crippen molar-refractivity contribution in [3.05, 3.63) is 46.8 Å². The zero-order valence-corrected chi connectivity index (χ0v) is 13.9. The van der Waals surface area contributed by atoms with E-state index >= 15 is 0 Å². The van der Waals surface area contributed by atoms with Crippen molar-refractivity contribution in [1.82, 2.24) is 9.55 Å². The summed E-state index contributed by atoms with van der Waals surface area (Å²) < 4.78 is 16.3. The fraction of sp³-hybridized carbons (Fsp3) is 0.474. The molecule has 0 bridgehead atoms. The molecule has 1 aromatic heterocycles. The predicted molar refractivity (Wildman–Crippen MR) is 90.3 cm³/mol. The van der Waals surface area contributed by atoms with E-state index in [1.165, 1.54) is 30.3 Å². The highest BCUT2D eigenvalue weighted by Gasteiger charge is 2.33. The number of aromatic nitrogens is 2. The van der Waals surface area contributed by atoms with Gasteiger partial charge in [-0.15, -0.1) is 0 Å². The Balaban J connectivity index is 1.76. The molecule has 1 saturated heterocycles. The summed E-state index contributed by atoms with van der Waals surface area (Å²) in [7, 11) is 2.10. The van der Waals surface area contributed by atoms with Gasteiger partial charge in [0.15, 0.2) is 0 Å². The molecule has 4 rings (SSSR count). The highest BCUT2D eigenvalue weighted by atomic mass is 19.1. The summed E-state index contributed by atoms with van der Waals surface area (Å²) in [6, 6.07) is 7.04. The number of halogens is 1. The molecule has 1 aromatic carbocycles. The van der Waals surface area contributed by atoms with Gasteiger partial charge in [0.05, 0.1) is 17.4 Å². The number of aryl methyl sites for hydroxylation is 1. The largest absolute Gasteiger partial charge is 0.360 e. The summed E-state index contributed by atoms with van der Waals surface area (Å²) in [6.07, 6.45) is 6.60. The van der Waals surface area contributed by atoms with E-state index in [0.717, 1.165) is 38.1 Å². The predicted octanol–water partition coefficient (Wildman–Crippen LogP) is 3.65. The third kappa shape index (κ3) is 2.29. The molecule has 1 aliphatic heterocycles. The maximum absolute atomic E-state index is 14.0. The topological polar surface area (TPSA) is 44.9 Å². The Morgan fingerprint density at radius 2 is 2.08 bits per heavy atom. The fourth-order valence-electron chi connectivity index (χ4n) is 4.19. The second-order valence-corrected chi connectivity index (χ2v) is 6.73. The molecule has 0 saturated carbocycles. The maximum atomic E-state index is 14.0. The van der Waals surface area contributed by atoms with E-state index < -0.39 is 5.82 Å². The van der Waals surface area contributed by atoms with Crippen molar-refractivity contribution in [2.45, 2.75) is 44.6 Å². The van der Waals surface area contributed by atoms with Gasteiger partial charge in [0.25, 0.3) is 0 Å². The molecule has 2 heterocycles. The number of rotatable bonds is 2. The van der Waals surface area contributed by atoms with Crippen molar-refractivity contribution in [1.29, 1.82) is 5.26 Å². The average molecular weight is 324 g/mol. The van der Waals surface area contributed by atoms with Crippen LogP contribution in [0.3, 0.4) is 0 Å². The molecular formula is C19H21FN4. The molecule has 24 heavy (non-hydrogen) atoms. The van der Waals surface area contributed by atoms with Crippen LogP contribution in [0.5, 0.6) is 0 Å². The lowest BCUT2D eigenvalue weighted by Gasteiger charge is -2.27. The lowest BCUT2D eigenvalue weighted by molar-refractivity contribution is 0.603. The molecular weight excluding hydrogens is 303 g/mol. The summed E-state index contributed by atoms with van der Waals surface area (Å²) in [5.41, 5.74) is 3.41. The van der Waals surface area contributed by atoms with Gasteiger partial charge in [0, 0.05) is 19.3 Å². The minimum atomic E-state index is -0.445. The van der Waals surface area contributed by atoms with E-state index in [1.54, 1.807) is 6.07 Å². The van der Waals surface area contributed by atoms with Crippen LogP contribution >= 0.6 is 0 Å². The second-order valence-electron chi connectivity index (χ2n) is 6.73. The summed E-state index contributed by atoms with van der Waals surface area (Å²) in [6.45, 7) is 0.834. The van der Waals surface area contributed by atoms with E-state index in [9.17, 15) is 9.65 Å². The Morgan fingerprint density at radius 3 is 2.88 bits per heavy atom. The van der Waals surface area contributed by atoms with Gasteiger partial charge in [0.1, 0.15) is 23.3 Å². The first-order valence-electron chi connectivity index (χ1n) is 8.70.